The van der Waals surface area contributed by atoms with Crippen LogP contribution >= 0.6 is 0 Å². The second-order valence-electron chi connectivity index (χ2n) is 6.78. The van der Waals surface area contributed by atoms with Crippen molar-refractivity contribution in [2.75, 3.05) is 7.05 Å². The Kier molecular flexibility index (Phi) is 5.20. The summed E-state index contributed by atoms with van der Waals surface area (Å²) in [6.07, 6.45) is 5.21. The number of hydrogen-bond acceptors (Lipinski definition) is 6. The molecule has 0 saturated heterocycles. The van der Waals surface area contributed by atoms with Crippen molar-refractivity contribution in [3.8, 4) is 5.75 Å². The van der Waals surface area contributed by atoms with Crippen molar-refractivity contribution in [3.63, 3.8) is 0 Å². The molecule has 3 heterocycles. The molecule has 1 aromatic carbocycles. The summed E-state index contributed by atoms with van der Waals surface area (Å²) in [5, 5.41) is 6.01. The first kappa shape index (κ1) is 18.6. The standard InChI is InChI=1S/C22H20N4O3/c1-15-6-7-18(12-24-15)28-14-19-10-21(25-29-19)22(27)26(2)13-17-5-3-4-16-11-23-9-8-20(16)17/h3-12H,13-14H2,1-2H3. The number of ether oxygens (including phenoxy) is 1. The summed E-state index contributed by atoms with van der Waals surface area (Å²) in [5.41, 5.74) is 2.20. The van der Waals surface area contributed by atoms with Crippen LogP contribution in [0.15, 0.2) is 65.6 Å². The maximum Gasteiger partial charge on any atom is 0.276 e. The summed E-state index contributed by atoms with van der Waals surface area (Å²) in [6, 6.07) is 13.2. The highest BCUT2D eigenvalue weighted by Gasteiger charge is 2.18. The van der Waals surface area contributed by atoms with E-state index >= 15 is 0 Å². The van der Waals surface area contributed by atoms with Crippen LogP contribution in [0.2, 0.25) is 0 Å². The van der Waals surface area contributed by atoms with E-state index in [1.807, 2.05) is 49.5 Å². The Morgan fingerprint density at radius 3 is 2.90 bits per heavy atom. The third-order valence-electron chi connectivity index (χ3n) is 4.57. The van der Waals surface area contributed by atoms with Crippen LogP contribution < -0.4 is 4.74 Å². The molecule has 4 aromatic rings. The van der Waals surface area contributed by atoms with Crippen LogP contribution in [0, 0.1) is 6.92 Å². The fourth-order valence-corrected chi connectivity index (χ4v) is 3.03. The van der Waals surface area contributed by atoms with E-state index in [0.717, 1.165) is 22.0 Å². The number of rotatable bonds is 6. The molecule has 0 saturated carbocycles. The molecule has 146 valence electrons. The van der Waals surface area contributed by atoms with Gasteiger partial charge in [0.05, 0.1) is 6.20 Å². The van der Waals surface area contributed by atoms with Gasteiger partial charge in [0.2, 0.25) is 0 Å². The topological polar surface area (TPSA) is 81.4 Å². The fourth-order valence-electron chi connectivity index (χ4n) is 3.03. The zero-order valence-corrected chi connectivity index (χ0v) is 16.2. The number of nitrogens with zero attached hydrogens (tertiary/aromatic N) is 4. The number of hydrogen-bond donors (Lipinski definition) is 0. The minimum atomic E-state index is -0.219. The second kappa shape index (κ2) is 8.10. The van der Waals surface area contributed by atoms with Gasteiger partial charge in [-0.3, -0.25) is 14.8 Å². The highest BCUT2D eigenvalue weighted by molar-refractivity contribution is 5.92. The number of fused-ring (bicyclic) bond motifs is 1. The molecule has 29 heavy (non-hydrogen) atoms. The molecule has 7 heteroatoms. The summed E-state index contributed by atoms with van der Waals surface area (Å²) >= 11 is 0. The molecule has 0 atom stereocenters. The minimum Gasteiger partial charge on any atom is -0.484 e. The molecular weight excluding hydrogens is 368 g/mol. The molecule has 0 N–H and O–H groups in total. The molecule has 0 fully saturated rings. The molecule has 0 aliphatic carbocycles. The van der Waals surface area contributed by atoms with Crippen LogP contribution in [0.3, 0.4) is 0 Å². The van der Waals surface area contributed by atoms with Gasteiger partial charge in [-0.2, -0.15) is 0 Å². The lowest BCUT2D eigenvalue weighted by Gasteiger charge is -2.17. The molecule has 3 aromatic heterocycles. The Balaban J connectivity index is 1.42. The Morgan fingerprint density at radius 2 is 2.07 bits per heavy atom. The monoisotopic (exact) mass is 388 g/mol. The highest BCUT2D eigenvalue weighted by Crippen LogP contribution is 2.20. The van der Waals surface area contributed by atoms with Gasteiger partial charge in [0.25, 0.3) is 5.91 Å². The lowest BCUT2D eigenvalue weighted by atomic mass is 10.1. The minimum absolute atomic E-state index is 0.172. The molecule has 0 aliphatic rings. The largest absolute Gasteiger partial charge is 0.484 e. The Morgan fingerprint density at radius 1 is 1.17 bits per heavy atom. The molecule has 0 aliphatic heterocycles. The maximum absolute atomic E-state index is 12.8. The first-order valence-corrected chi connectivity index (χ1v) is 9.18. The third-order valence-corrected chi connectivity index (χ3v) is 4.57. The van der Waals surface area contributed by atoms with E-state index in [9.17, 15) is 4.79 Å². The summed E-state index contributed by atoms with van der Waals surface area (Å²) in [6.45, 7) is 2.53. The van der Waals surface area contributed by atoms with E-state index in [4.69, 9.17) is 9.26 Å². The van der Waals surface area contributed by atoms with Gasteiger partial charge in [-0.25, -0.2) is 0 Å². The van der Waals surface area contributed by atoms with Gasteiger partial charge in [0, 0.05) is 43.1 Å². The number of carbonyl (C=O) groups is 1. The lowest BCUT2D eigenvalue weighted by Crippen LogP contribution is -2.26. The van der Waals surface area contributed by atoms with Crippen molar-refractivity contribution in [3.05, 3.63) is 83.8 Å². The van der Waals surface area contributed by atoms with Gasteiger partial charge in [0.1, 0.15) is 12.4 Å². The Hall–Kier alpha value is -3.74. The molecular formula is C22H20N4O3. The normalized spacial score (nSPS) is 10.8. The SMILES string of the molecule is Cc1ccc(OCc2cc(C(=O)N(C)Cc3cccc4cnccc34)no2)cn1. The Bertz CT molecular complexity index is 1130. The van der Waals surface area contributed by atoms with Gasteiger partial charge in [-0.1, -0.05) is 23.4 Å². The van der Waals surface area contributed by atoms with Crippen molar-refractivity contribution < 1.29 is 14.1 Å². The van der Waals surface area contributed by atoms with E-state index in [0.29, 0.717) is 18.1 Å². The number of benzene rings is 1. The predicted octanol–water partition coefficient (Wildman–Crippen LogP) is 3.78. The average Bonchev–Trinajstić information content (AvgIpc) is 3.22. The number of carbonyl (C=O) groups excluding carboxylic acids is 1. The molecule has 4 rings (SSSR count). The van der Waals surface area contributed by atoms with Crippen LogP contribution in [0.1, 0.15) is 27.5 Å². The van der Waals surface area contributed by atoms with Crippen LogP contribution in [0.4, 0.5) is 0 Å². The first-order chi connectivity index (χ1) is 14.1. The van der Waals surface area contributed by atoms with Crippen molar-refractivity contribution in [1.82, 2.24) is 20.0 Å². The van der Waals surface area contributed by atoms with Gasteiger partial charge in [0.15, 0.2) is 11.5 Å². The number of amides is 1. The molecule has 0 unspecified atom stereocenters. The molecule has 0 spiro atoms. The van der Waals surface area contributed by atoms with E-state index in [1.54, 1.807) is 30.4 Å². The van der Waals surface area contributed by atoms with Crippen LogP contribution in [-0.4, -0.2) is 33.0 Å². The van der Waals surface area contributed by atoms with Crippen molar-refractivity contribution in [2.45, 2.75) is 20.1 Å². The maximum atomic E-state index is 12.8. The van der Waals surface area contributed by atoms with Gasteiger partial charge < -0.3 is 14.2 Å². The van der Waals surface area contributed by atoms with Gasteiger partial charge in [-0.05, 0) is 36.1 Å². The summed E-state index contributed by atoms with van der Waals surface area (Å²) in [4.78, 5) is 22.7. The van der Waals surface area contributed by atoms with Crippen molar-refractivity contribution >= 4 is 16.7 Å². The first-order valence-electron chi connectivity index (χ1n) is 9.18. The van der Waals surface area contributed by atoms with Crippen molar-refractivity contribution in [2.24, 2.45) is 0 Å². The van der Waals surface area contributed by atoms with Crippen LogP contribution in [-0.2, 0) is 13.2 Å². The van der Waals surface area contributed by atoms with Crippen LogP contribution in [0.5, 0.6) is 5.75 Å². The smallest absolute Gasteiger partial charge is 0.276 e. The number of aromatic nitrogens is 3. The number of pyridine rings is 2. The molecule has 0 bridgehead atoms. The van der Waals surface area contributed by atoms with Crippen LogP contribution in [0.25, 0.3) is 10.8 Å². The average molecular weight is 388 g/mol. The van der Waals surface area contributed by atoms with Gasteiger partial charge in [-0.15, -0.1) is 0 Å². The van der Waals surface area contributed by atoms with E-state index in [2.05, 4.69) is 15.1 Å². The highest BCUT2D eigenvalue weighted by atomic mass is 16.5. The fraction of sp³-hybridized carbons (Fsp3) is 0.182. The zero-order valence-electron chi connectivity index (χ0n) is 16.2. The van der Waals surface area contributed by atoms with Crippen molar-refractivity contribution in [1.29, 1.82) is 0 Å². The summed E-state index contributed by atoms with van der Waals surface area (Å²) in [5.74, 6) is 0.879. The van der Waals surface area contributed by atoms with E-state index < -0.39 is 0 Å². The second-order valence-corrected chi connectivity index (χ2v) is 6.78. The Labute approximate surface area is 167 Å². The van der Waals surface area contributed by atoms with E-state index in [1.165, 1.54) is 0 Å². The summed E-state index contributed by atoms with van der Waals surface area (Å²) < 4.78 is 10.9. The van der Waals surface area contributed by atoms with Gasteiger partial charge >= 0.3 is 0 Å². The summed E-state index contributed by atoms with van der Waals surface area (Å²) in [7, 11) is 1.74. The predicted molar refractivity (Wildman–Crippen MR) is 107 cm³/mol. The molecule has 1 amide bonds. The molecule has 0 radical (unpaired) electrons. The quantitative estimate of drug-likeness (QED) is 0.500. The lowest BCUT2D eigenvalue weighted by molar-refractivity contribution is 0.0775. The number of aryl methyl sites for hydroxylation is 1. The molecule has 7 nitrogen and oxygen atoms in total. The zero-order chi connectivity index (χ0) is 20.2. The third kappa shape index (κ3) is 4.24. The van der Waals surface area contributed by atoms with E-state index in [-0.39, 0.29) is 18.2 Å².